The molecule has 1 rings (SSSR count). The van der Waals surface area contributed by atoms with Crippen LogP contribution in [0.1, 0.15) is 31.5 Å². The van der Waals surface area contributed by atoms with Crippen molar-refractivity contribution < 1.29 is 0 Å². The Hall–Kier alpha value is -0.120. The predicted octanol–water partition coefficient (Wildman–Crippen LogP) is 3.36. The molecule has 0 N–H and O–H groups in total. The minimum absolute atomic E-state index is 0.521. The summed E-state index contributed by atoms with van der Waals surface area (Å²) in [5.74, 6) is 1.23. The number of hydrogen-bond donors (Lipinski definition) is 0. The van der Waals surface area contributed by atoms with Gasteiger partial charge in [0.1, 0.15) is 5.01 Å². The molecule has 0 aliphatic heterocycles. The third-order valence-corrected chi connectivity index (χ3v) is 3.32. The van der Waals surface area contributed by atoms with Gasteiger partial charge in [-0.3, -0.25) is 4.90 Å². The molecule has 1 aromatic rings. The Morgan fingerprint density at radius 3 is 2.73 bits per heavy atom. The lowest BCUT2D eigenvalue weighted by Crippen LogP contribution is -2.26. The molecule has 0 aliphatic carbocycles. The number of aromatic nitrogens is 1. The van der Waals surface area contributed by atoms with Gasteiger partial charge in [-0.15, -0.1) is 22.9 Å². The molecule has 0 amide bonds. The molecule has 0 atom stereocenters. The summed E-state index contributed by atoms with van der Waals surface area (Å²) >= 11 is 7.43. The van der Waals surface area contributed by atoms with E-state index in [9.17, 15) is 0 Å². The van der Waals surface area contributed by atoms with Gasteiger partial charge < -0.3 is 0 Å². The van der Waals surface area contributed by atoms with Crippen LogP contribution in [0.2, 0.25) is 0 Å². The molecule has 1 heterocycles. The van der Waals surface area contributed by atoms with Crippen molar-refractivity contribution in [2.24, 2.45) is 5.92 Å². The van der Waals surface area contributed by atoms with E-state index < -0.39 is 0 Å². The number of hydrogen-bond acceptors (Lipinski definition) is 3. The van der Waals surface area contributed by atoms with Gasteiger partial charge in [0.2, 0.25) is 0 Å². The molecule has 0 saturated carbocycles. The highest BCUT2D eigenvalue weighted by atomic mass is 35.5. The molecule has 0 aliphatic rings. The highest BCUT2D eigenvalue weighted by Crippen LogP contribution is 2.14. The molecule has 0 unspecified atom stereocenters. The molecule has 1 aromatic heterocycles. The van der Waals surface area contributed by atoms with E-state index in [1.807, 2.05) is 5.38 Å². The molecule has 2 nitrogen and oxygen atoms in total. The van der Waals surface area contributed by atoms with Crippen molar-refractivity contribution in [1.29, 1.82) is 0 Å². The first-order valence-corrected chi connectivity index (χ1v) is 6.78. The van der Waals surface area contributed by atoms with Crippen LogP contribution in [0.3, 0.4) is 0 Å². The van der Waals surface area contributed by atoms with Gasteiger partial charge in [-0.05, 0) is 12.5 Å². The number of nitrogens with zero attached hydrogens (tertiary/aromatic N) is 2. The Balaban J connectivity index is 2.50. The van der Waals surface area contributed by atoms with Crippen LogP contribution in [0.5, 0.6) is 0 Å². The van der Waals surface area contributed by atoms with E-state index >= 15 is 0 Å². The summed E-state index contributed by atoms with van der Waals surface area (Å²) in [5.41, 5.74) is 0.997. The van der Waals surface area contributed by atoms with E-state index in [4.69, 9.17) is 11.6 Å². The highest BCUT2D eigenvalue weighted by molar-refractivity contribution is 7.09. The van der Waals surface area contributed by atoms with Crippen molar-refractivity contribution in [3.8, 4) is 0 Å². The summed E-state index contributed by atoms with van der Waals surface area (Å²) in [4.78, 5) is 6.89. The van der Waals surface area contributed by atoms with E-state index in [0.717, 1.165) is 25.3 Å². The minimum Gasteiger partial charge on any atom is -0.297 e. The first-order valence-electron chi connectivity index (χ1n) is 5.37. The quantitative estimate of drug-likeness (QED) is 0.716. The Bertz CT molecular complexity index is 286. The zero-order chi connectivity index (χ0) is 11.3. The normalized spacial score (nSPS) is 11.6. The number of rotatable bonds is 6. The van der Waals surface area contributed by atoms with Crippen LogP contribution in [0.25, 0.3) is 0 Å². The van der Waals surface area contributed by atoms with E-state index in [1.54, 1.807) is 11.3 Å². The fraction of sp³-hybridized carbons (Fsp3) is 0.727. The SMILES string of the molecule is CCN(Cc1nc(CCl)cs1)CC(C)C. The maximum Gasteiger partial charge on any atom is 0.107 e. The molecule has 0 spiro atoms. The maximum atomic E-state index is 5.73. The number of alkyl halides is 1. The average Bonchev–Trinajstić information content (AvgIpc) is 2.64. The summed E-state index contributed by atoms with van der Waals surface area (Å²) in [6, 6.07) is 0. The van der Waals surface area contributed by atoms with E-state index in [2.05, 4.69) is 30.7 Å². The lowest BCUT2D eigenvalue weighted by atomic mass is 10.2. The number of thiazole rings is 1. The van der Waals surface area contributed by atoms with Crippen LogP contribution in [-0.2, 0) is 12.4 Å². The Labute approximate surface area is 101 Å². The van der Waals surface area contributed by atoms with Gasteiger partial charge in [0.25, 0.3) is 0 Å². The molecule has 15 heavy (non-hydrogen) atoms. The molecular weight excluding hydrogens is 228 g/mol. The van der Waals surface area contributed by atoms with Crippen molar-refractivity contribution in [1.82, 2.24) is 9.88 Å². The zero-order valence-electron chi connectivity index (χ0n) is 9.66. The second kappa shape index (κ2) is 6.46. The van der Waals surface area contributed by atoms with Crippen LogP contribution in [0.4, 0.5) is 0 Å². The van der Waals surface area contributed by atoms with E-state index in [-0.39, 0.29) is 0 Å². The molecule has 86 valence electrons. The van der Waals surface area contributed by atoms with Gasteiger partial charge in [-0.25, -0.2) is 4.98 Å². The lowest BCUT2D eigenvalue weighted by molar-refractivity contribution is 0.248. The predicted molar refractivity (Wildman–Crippen MR) is 67.5 cm³/mol. The minimum atomic E-state index is 0.521. The third-order valence-electron chi connectivity index (χ3n) is 2.17. The first kappa shape index (κ1) is 12.9. The monoisotopic (exact) mass is 246 g/mol. The molecule has 0 saturated heterocycles. The van der Waals surface area contributed by atoms with Crippen molar-refractivity contribution in [3.05, 3.63) is 16.1 Å². The lowest BCUT2D eigenvalue weighted by Gasteiger charge is -2.20. The molecule has 4 heteroatoms. The maximum absolute atomic E-state index is 5.73. The number of halogens is 1. The van der Waals surface area contributed by atoms with Gasteiger partial charge in [-0.2, -0.15) is 0 Å². The van der Waals surface area contributed by atoms with Crippen molar-refractivity contribution in [2.45, 2.75) is 33.2 Å². The average molecular weight is 247 g/mol. The standard InChI is InChI=1S/C11H19ClN2S/c1-4-14(6-9(2)3)7-11-13-10(5-12)8-15-11/h8-9H,4-7H2,1-3H3. The van der Waals surface area contributed by atoms with Crippen molar-refractivity contribution in [2.75, 3.05) is 13.1 Å². The molecule has 0 bridgehead atoms. The summed E-state index contributed by atoms with van der Waals surface area (Å²) in [6.07, 6.45) is 0. The second-order valence-corrected chi connectivity index (χ2v) is 5.30. The summed E-state index contributed by atoms with van der Waals surface area (Å²) in [7, 11) is 0. The van der Waals surface area contributed by atoms with Crippen LogP contribution >= 0.6 is 22.9 Å². The van der Waals surface area contributed by atoms with Crippen LogP contribution in [-0.4, -0.2) is 23.0 Å². The first-order chi connectivity index (χ1) is 7.15. The van der Waals surface area contributed by atoms with Gasteiger partial charge in [0.05, 0.1) is 18.1 Å². The Morgan fingerprint density at radius 2 is 2.27 bits per heavy atom. The highest BCUT2D eigenvalue weighted by Gasteiger charge is 2.08. The van der Waals surface area contributed by atoms with Crippen LogP contribution < -0.4 is 0 Å². The zero-order valence-corrected chi connectivity index (χ0v) is 11.2. The van der Waals surface area contributed by atoms with Crippen LogP contribution in [0.15, 0.2) is 5.38 Å². The Kier molecular flexibility index (Phi) is 5.58. The summed E-state index contributed by atoms with van der Waals surface area (Å²) in [6.45, 7) is 9.85. The van der Waals surface area contributed by atoms with E-state index in [0.29, 0.717) is 11.8 Å². The fourth-order valence-electron chi connectivity index (χ4n) is 1.50. The van der Waals surface area contributed by atoms with Gasteiger partial charge >= 0.3 is 0 Å². The molecule has 0 aromatic carbocycles. The second-order valence-electron chi connectivity index (χ2n) is 4.09. The molecular formula is C11H19ClN2S. The van der Waals surface area contributed by atoms with Crippen LogP contribution in [0, 0.1) is 5.92 Å². The topological polar surface area (TPSA) is 16.1 Å². The van der Waals surface area contributed by atoms with Gasteiger partial charge in [-0.1, -0.05) is 20.8 Å². The summed E-state index contributed by atoms with van der Waals surface area (Å²) < 4.78 is 0. The Morgan fingerprint density at radius 1 is 1.53 bits per heavy atom. The van der Waals surface area contributed by atoms with E-state index in [1.165, 1.54) is 5.01 Å². The smallest absolute Gasteiger partial charge is 0.107 e. The van der Waals surface area contributed by atoms with Crippen molar-refractivity contribution >= 4 is 22.9 Å². The largest absolute Gasteiger partial charge is 0.297 e. The molecule has 0 fully saturated rings. The van der Waals surface area contributed by atoms with Gasteiger partial charge in [0.15, 0.2) is 0 Å². The third kappa shape index (κ3) is 4.49. The molecule has 0 radical (unpaired) electrons. The fourth-order valence-corrected chi connectivity index (χ4v) is 2.56. The summed E-state index contributed by atoms with van der Waals surface area (Å²) in [5, 5.41) is 3.22. The van der Waals surface area contributed by atoms with Crippen molar-refractivity contribution in [3.63, 3.8) is 0 Å². The van der Waals surface area contributed by atoms with Gasteiger partial charge in [0, 0.05) is 11.9 Å².